The molecule has 0 fully saturated rings. The van der Waals surface area contributed by atoms with Gasteiger partial charge in [-0.1, -0.05) is 25.1 Å². The summed E-state index contributed by atoms with van der Waals surface area (Å²) in [4.78, 5) is 12.6. The molecule has 1 N–H and O–H groups in total. The van der Waals surface area contributed by atoms with Crippen LogP contribution in [0.1, 0.15) is 29.8 Å². The van der Waals surface area contributed by atoms with E-state index in [1.807, 2.05) is 0 Å². The van der Waals surface area contributed by atoms with Gasteiger partial charge in [0.15, 0.2) is 11.6 Å². The van der Waals surface area contributed by atoms with Crippen LogP contribution in [0.4, 0.5) is 10.1 Å². The lowest BCUT2D eigenvalue weighted by atomic mass is 10.0. The van der Waals surface area contributed by atoms with Crippen LogP contribution in [0.25, 0.3) is 23.1 Å². The molecular formula is C23H20FN3O4. The van der Waals surface area contributed by atoms with Gasteiger partial charge in [-0.3, -0.25) is 4.79 Å². The van der Waals surface area contributed by atoms with E-state index in [0.29, 0.717) is 41.2 Å². The molecule has 158 valence electrons. The van der Waals surface area contributed by atoms with Gasteiger partial charge in [0.25, 0.3) is 17.7 Å². The standard InChI is InChI=1S/C23H20FN3O4/c1-3-15-19(24)17(25-21(28)14-9-6-5-7-10-14)13-16(20(15)29-4-2)22-26-27-23(31-22)18-11-8-12-30-18/h5-13H,3-4H2,1-2H3,(H,25,28). The first-order chi connectivity index (χ1) is 15.1. The Balaban J connectivity index is 1.79. The van der Waals surface area contributed by atoms with Gasteiger partial charge in [-0.15, -0.1) is 10.2 Å². The topological polar surface area (TPSA) is 90.4 Å². The molecule has 0 aliphatic carbocycles. The van der Waals surface area contributed by atoms with Crippen LogP contribution in [0.5, 0.6) is 5.75 Å². The first kappa shape index (κ1) is 20.3. The lowest BCUT2D eigenvalue weighted by molar-refractivity contribution is 0.102. The number of nitrogens with zero attached hydrogens (tertiary/aromatic N) is 2. The van der Waals surface area contributed by atoms with E-state index in [1.54, 1.807) is 56.3 Å². The van der Waals surface area contributed by atoms with Crippen LogP contribution < -0.4 is 10.1 Å². The number of hydrogen-bond acceptors (Lipinski definition) is 6. The fourth-order valence-electron chi connectivity index (χ4n) is 3.19. The largest absolute Gasteiger partial charge is 0.493 e. The second-order valence-corrected chi connectivity index (χ2v) is 6.59. The van der Waals surface area contributed by atoms with Gasteiger partial charge in [0.05, 0.1) is 24.1 Å². The summed E-state index contributed by atoms with van der Waals surface area (Å²) in [5.74, 6) is 0.0182. The lowest BCUT2D eigenvalue weighted by Gasteiger charge is -2.17. The average Bonchev–Trinajstić information content (AvgIpc) is 3.48. The molecule has 2 aromatic heterocycles. The molecule has 8 heteroatoms. The number of furan rings is 1. The SMILES string of the molecule is CCOc1c(-c2nnc(-c3ccco3)o2)cc(NC(=O)c2ccccc2)c(F)c1CC. The lowest BCUT2D eigenvalue weighted by Crippen LogP contribution is -2.14. The van der Waals surface area contributed by atoms with Gasteiger partial charge >= 0.3 is 0 Å². The normalized spacial score (nSPS) is 10.8. The molecule has 4 rings (SSSR count). The van der Waals surface area contributed by atoms with Crippen molar-refractivity contribution in [3.63, 3.8) is 0 Å². The Labute approximate surface area is 177 Å². The number of halogens is 1. The van der Waals surface area contributed by atoms with Crippen molar-refractivity contribution in [2.45, 2.75) is 20.3 Å². The summed E-state index contributed by atoms with van der Waals surface area (Å²) < 4.78 is 32.1. The number of nitrogens with one attached hydrogen (secondary N) is 1. The van der Waals surface area contributed by atoms with Crippen molar-refractivity contribution in [2.24, 2.45) is 0 Å². The van der Waals surface area contributed by atoms with E-state index < -0.39 is 11.7 Å². The fraction of sp³-hybridized carbons (Fsp3) is 0.174. The second-order valence-electron chi connectivity index (χ2n) is 6.59. The van der Waals surface area contributed by atoms with Crippen LogP contribution in [0.15, 0.2) is 63.6 Å². The zero-order valence-corrected chi connectivity index (χ0v) is 17.0. The quantitative estimate of drug-likeness (QED) is 0.433. The van der Waals surface area contributed by atoms with Crippen molar-refractivity contribution in [1.29, 1.82) is 0 Å². The summed E-state index contributed by atoms with van der Waals surface area (Å²) >= 11 is 0. The number of rotatable bonds is 7. The molecule has 1 amide bonds. The van der Waals surface area contributed by atoms with Gasteiger partial charge in [0, 0.05) is 11.1 Å². The van der Waals surface area contributed by atoms with Gasteiger partial charge in [0.1, 0.15) is 5.75 Å². The molecule has 0 spiro atoms. The zero-order valence-electron chi connectivity index (χ0n) is 17.0. The van der Waals surface area contributed by atoms with Crippen LogP contribution in [0.3, 0.4) is 0 Å². The van der Waals surface area contributed by atoms with Crippen molar-refractivity contribution in [3.8, 4) is 28.9 Å². The van der Waals surface area contributed by atoms with Crippen molar-refractivity contribution in [1.82, 2.24) is 10.2 Å². The third-order valence-electron chi connectivity index (χ3n) is 4.62. The number of anilines is 1. The van der Waals surface area contributed by atoms with Crippen LogP contribution in [0.2, 0.25) is 0 Å². The highest BCUT2D eigenvalue weighted by atomic mass is 19.1. The summed E-state index contributed by atoms with van der Waals surface area (Å²) in [6, 6.07) is 13.4. The average molecular weight is 421 g/mol. The highest BCUT2D eigenvalue weighted by molar-refractivity contribution is 6.04. The van der Waals surface area contributed by atoms with Crippen molar-refractivity contribution in [3.05, 3.63) is 71.7 Å². The van der Waals surface area contributed by atoms with Gasteiger partial charge < -0.3 is 18.9 Å². The Morgan fingerprint density at radius 2 is 1.87 bits per heavy atom. The Kier molecular flexibility index (Phi) is 5.79. The molecule has 0 saturated heterocycles. The van der Waals surface area contributed by atoms with Crippen LogP contribution in [-0.2, 0) is 6.42 Å². The maximum atomic E-state index is 15.3. The number of amides is 1. The molecule has 2 heterocycles. The molecule has 0 aliphatic heterocycles. The number of hydrogen-bond donors (Lipinski definition) is 1. The summed E-state index contributed by atoms with van der Waals surface area (Å²) in [6.07, 6.45) is 1.83. The maximum absolute atomic E-state index is 15.3. The predicted octanol–water partition coefficient (Wildman–Crippen LogP) is 5.35. The first-order valence-corrected chi connectivity index (χ1v) is 9.84. The molecule has 0 unspecified atom stereocenters. The predicted molar refractivity (Wildman–Crippen MR) is 112 cm³/mol. The zero-order chi connectivity index (χ0) is 21.8. The Bertz CT molecular complexity index is 1190. The molecule has 0 atom stereocenters. The summed E-state index contributed by atoms with van der Waals surface area (Å²) in [6.45, 7) is 3.91. The molecule has 4 aromatic rings. The molecule has 0 bridgehead atoms. The third-order valence-corrected chi connectivity index (χ3v) is 4.62. The van der Waals surface area contributed by atoms with Gasteiger partial charge in [0.2, 0.25) is 0 Å². The van der Waals surface area contributed by atoms with Crippen molar-refractivity contribution in [2.75, 3.05) is 11.9 Å². The third kappa shape index (κ3) is 4.05. The number of ether oxygens (including phenoxy) is 1. The number of aromatic nitrogens is 2. The number of benzene rings is 2. The van der Waals surface area contributed by atoms with E-state index in [-0.39, 0.29) is 17.5 Å². The van der Waals surface area contributed by atoms with Crippen LogP contribution in [0, 0.1) is 5.82 Å². The van der Waals surface area contributed by atoms with Gasteiger partial charge in [-0.25, -0.2) is 4.39 Å². The minimum atomic E-state index is -0.565. The minimum Gasteiger partial charge on any atom is -0.493 e. The van der Waals surface area contributed by atoms with Crippen molar-refractivity contribution < 1.29 is 22.8 Å². The highest BCUT2D eigenvalue weighted by Gasteiger charge is 2.24. The molecule has 0 aliphatic rings. The fourth-order valence-corrected chi connectivity index (χ4v) is 3.19. The molecule has 2 aromatic carbocycles. The summed E-state index contributed by atoms with van der Waals surface area (Å²) in [5.41, 5.74) is 1.10. The van der Waals surface area contributed by atoms with Crippen LogP contribution >= 0.6 is 0 Å². The number of carbonyl (C=O) groups is 1. The van der Waals surface area contributed by atoms with Gasteiger partial charge in [-0.05, 0) is 43.7 Å². The van der Waals surface area contributed by atoms with E-state index in [4.69, 9.17) is 13.6 Å². The van der Waals surface area contributed by atoms with E-state index in [1.165, 1.54) is 12.3 Å². The number of carbonyl (C=O) groups excluding carboxylic acids is 1. The summed E-state index contributed by atoms with van der Waals surface area (Å²) in [7, 11) is 0. The van der Waals surface area contributed by atoms with E-state index in [2.05, 4.69) is 15.5 Å². The molecule has 0 radical (unpaired) electrons. The van der Waals surface area contributed by atoms with Gasteiger partial charge in [-0.2, -0.15) is 0 Å². The van der Waals surface area contributed by atoms with Crippen molar-refractivity contribution >= 4 is 11.6 Å². The highest BCUT2D eigenvalue weighted by Crippen LogP contribution is 2.39. The monoisotopic (exact) mass is 421 g/mol. The Hall–Kier alpha value is -3.94. The van der Waals surface area contributed by atoms with E-state index >= 15 is 4.39 Å². The van der Waals surface area contributed by atoms with E-state index in [9.17, 15) is 4.79 Å². The Morgan fingerprint density at radius 1 is 1.10 bits per heavy atom. The molecular weight excluding hydrogens is 401 g/mol. The first-order valence-electron chi connectivity index (χ1n) is 9.84. The summed E-state index contributed by atoms with van der Waals surface area (Å²) in [5, 5.41) is 10.7. The Morgan fingerprint density at radius 3 is 2.55 bits per heavy atom. The molecule has 0 saturated carbocycles. The second kappa shape index (κ2) is 8.83. The van der Waals surface area contributed by atoms with Crippen LogP contribution in [-0.4, -0.2) is 22.7 Å². The molecule has 7 nitrogen and oxygen atoms in total. The maximum Gasteiger partial charge on any atom is 0.283 e. The minimum absolute atomic E-state index is 0.00176. The smallest absolute Gasteiger partial charge is 0.283 e. The van der Waals surface area contributed by atoms with E-state index in [0.717, 1.165) is 0 Å². The molecule has 31 heavy (non-hydrogen) atoms.